The quantitative estimate of drug-likeness (QED) is 0.687. The van der Waals surface area contributed by atoms with Crippen molar-refractivity contribution in [3.05, 3.63) is 40.2 Å². The molecule has 2 aliphatic rings. The zero-order valence-electron chi connectivity index (χ0n) is 14.6. The number of ether oxygens (including phenoxy) is 1. The summed E-state index contributed by atoms with van der Waals surface area (Å²) in [5.74, 6) is -3.87. The molecule has 0 spiro atoms. The van der Waals surface area contributed by atoms with Crippen LogP contribution in [0.3, 0.4) is 0 Å². The number of carbonyl (C=O) groups excluding carboxylic acids is 2. The molecule has 0 unspecified atom stereocenters. The van der Waals surface area contributed by atoms with Crippen LogP contribution >= 0.6 is 22.9 Å². The highest BCUT2D eigenvalue weighted by atomic mass is 35.5. The number of hydrogen-bond acceptors (Lipinski definition) is 5. The first-order valence-electron chi connectivity index (χ1n) is 8.73. The van der Waals surface area contributed by atoms with Gasteiger partial charge in [-0.25, -0.2) is 0 Å². The molecule has 1 aromatic heterocycles. The van der Waals surface area contributed by atoms with Gasteiger partial charge in [-0.05, 0) is 30.5 Å². The third-order valence-electron chi connectivity index (χ3n) is 5.29. The Bertz CT molecular complexity index is 958. The summed E-state index contributed by atoms with van der Waals surface area (Å²) < 4.78 is 5.64. The Labute approximate surface area is 169 Å². The van der Waals surface area contributed by atoms with Crippen molar-refractivity contribution in [3.63, 3.8) is 0 Å². The van der Waals surface area contributed by atoms with E-state index in [0.717, 1.165) is 5.56 Å². The first-order chi connectivity index (χ1) is 13.4. The van der Waals surface area contributed by atoms with Crippen LogP contribution in [0.5, 0.6) is 0 Å². The topological polar surface area (TPSA) is 119 Å². The zero-order chi connectivity index (χ0) is 20.0. The molecule has 0 radical (unpaired) electrons. The molecule has 7 nitrogen and oxygen atoms in total. The highest BCUT2D eigenvalue weighted by molar-refractivity contribution is 7.15. The van der Waals surface area contributed by atoms with E-state index in [2.05, 4.69) is 5.32 Å². The van der Waals surface area contributed by atoms with E-state index in [1.54, 1.807) is 29.6 Å². The fraction of sp³-hybridized carbons (Fsp3) is 0.316. The number of rotatable bonds is 5. The number of carbonyl (C=O) groups is 3. The summed E-state index contributed by atoms with van der Waals surface area (Å²) in [7, 11) is 0. The number of hydrogen-bond donors (Lipinski definition) is 3. The molecule has 2 bridgehead atoms. The number of benzene rings is 1. The molecule has 9 heteroatoms. The molecule has 146 valence electrons. The number of carboxylic acids is 1. The minimum absolute atomic E-state index is 0.191. The lowest BCUT2D eigenvalue weighted by molar-refractivity contribution is -0.147. The molecular weight excluding hydrogens is 404 g/mol. The van der Waals surface area contributed by atoms with Gasteiger partial charge >= 0.3 is 5.97 Å². The Morgan fingerprint density at radius 3 is 2.39 bits per heavy atom. The molecule has 2 aromatic rings. The Morgan fingerprint density at radius 2 is 1.79 bits per heavy atom. The minimum atomic E-state index is -1.05. The predicted molar refractivity (Wildman–Crippen MR) is 104 cm³/mol. The van der Waals surface area contributed by atoms with Crippen LogP contribution in [0, 0.1) is 11.8 Å². The van der Waals surface area contributed by atoms with E-state index >= 15 is 0 Å². The number of nitrogens with one attached hydrogen (secondary N) is 1. The van der Waals surface area contributed by atoms with Crippen LogP contribution in [-0.4, -0.2) is 35.1 Å². The summed E-state index contributed by atoms with van der Waals surface area (Å²) in [6, 6.07) is 6.91. The van der Waals surface area contributed by atoms with Gasteiger partial charge in [-0.15, -0.1) is 11.3 Å². The number of thiophene rings is 1. The number of anilines is 1. The number of nitrogens with two attached hydrogens (primary N) is 1. The molecule has 1 aromatic carbocycles. The molecular formula is C19H17ClN2O5S. The molecule has 4 atom stereocenters. The molecule has 2 aliphatic heterocycles. The number of aliphatic carboxylic acids is 1. The molecule has 0 aliphatic carbocycles. The van der Waals surface area contributed by atoms with Crippen molar-refractivity contribution < 1.29 is 24.2 Å². The smallest absolute Gasteiger partial charge is 0.310 e. The third kappa shape index (κ3) is 3.17. The van der Waals surface area contributed by atoms with Crippen molar-refractivity contribution in [1.82, 2.24) is 0 Å². The Balaban J connectivity index is 1.63. The van der Waals surface area contributed by atoms with Gasteiger partial charge < -0.3 is 20.9 Å². The first-order valence-corrected chi connectivity index (χ1v) is 9.99. The maximum absolute atomic E-state index is 12.9. The Morgan fingerprint density at radius 1 is 1.14 bits per heavy atom. The molecule has 4 rings (SSSR count). The van der Waals surface area contributed by atoms with E-state index in [9.17, 15) is 19.5 Å². The van der Waals surface area contributed by atoms with E-state index in [0.29, 0.717) is 28.4 Å². The number of fused-ring (bicyclic) bond motifs is 2. The standard InChI is InChI=1S/C19H17ClN2O5S/c20-9-3-1-8(2-4-9)10-7-28-18(13(10)16(21)23)22-17(24)14-11-5-6-12(27-11)15(14)19(25)26/h1-4,7,11-12,14-15H,5-6H2,(H2,21,23)(H,22,24)(H,25,26)/t11-,12-,14-,15+/m1/s1. The summed E-state index contributed by atoms with van der Waals surface area (Å²) in [5, 5.41) is 14.8. The van der Waals surface area contributed by atoms with E-state index < -0.39 is 41.8 Å². The van der Waals surface area contributed by atoms with Crippen LogP contribution in [0.1, 0.15) is 23.2 Å². The highest BCUT2D eigenvalue weighted by Crippen LogP contribution is 2.45. The van der Waals surface area contributed by atoms with E-state index in [-0.39, 0.29) is 5.56 Å². The fourth-order valence-electron chi connectivity index (χ4n) is 4.06. The van der Waals surface area contributed by atoms with Gasteiger partial charge in [-0.2, -0.15) is 0 Å². The third-order valence-corrected chi connectivity index (χ3v) is 6.44. The van der Waals surface area contributed by atoms with Gasteiger partial charge in [0, 0.05) is 16.0 Å². The monoisotopic (exact) mass is 420 g/mol. The highest BCUT2D eigenvalue weighted by Gasteiger charge is 2.55. The molecule has 2 saturated heterocycles. The maximum atomic E-state index is 12.9. The van der Waals surface area contributed by atoms with Crippen molar-refractivity contribution >= 4 is 45.7 Å². The van der Waals surface area contributed by atoms with Gasteiger partial charge in [-0.1, -0.05) is 23.7 Å². The van der Waals surface area contributed by atoms with Gasteiger partial charge in [0.05, 0.1) is 29.6 Å². The molecule has 0 saturated carbocycles. The van der Waals surface area contributed by atoms with Crippen molar-refractivity contribution in [3.8, 4) is 11.1 Å². The van der Waals surface area contributed by atoms with Crippen molar-refractivity contribution in [2.45, 2.75) is 25.0 Å². The lowest BCUT2D eigenvalue weighted by Gasteiger charge is -2.23. The summed E-state index contributed by atoms with van der Waals surface area (Å²) in [6.07, 6.45) is 0.425. The van der Waals surface area contributed by atoms with Crippen LogP contribution in [0.15, 0.2) is 29.6 Å². The van der Waals surface area contributed by atoms with Gasteiger partial charge in [0.1, 0.15) is 5.00 Å². The zero-order valence-corrected chi connectivity index (χ0v) is 16.1. The van der Waals surface area contributed by atoms with Crippen LogP contribution in [-0.2, 0) is 14.3 Å². The van der Waals surface area contributed by atoms with Crippen LogP contribution < -0.4 is 11.1 Å². The van der Waals surface area contributed by atoms with Gasteiger partial charge in [0.15, 0.2) is 0 Å². The summed E-state index contributed by atoms with van der Waals surface area (Å²) in [6.45, 7) is 0. The van der Waals surface area contributed by atoms with Gasteiger partial charge in [-0.3, -0.25) is 14.4 Å². The summed E-state index contributed by atoms with van der Waals surface area (Å²) in [5.41, 5.74) is 7.08. The first kappa shape index (κ1) is 18.9. The summed E-state index contributed by atoms with van der Waals surface area (Å²) >= 11 is 7.08. The van der Waals surface area contributed by atoms with Crippen molar-refractivity contribution in [2.75, 3.05) is 5.32 Å². The molecule has 2 amide bonds. The number of primary amides is 1. The predicted octanol–water partition coefficient (Wildman–Crippen LogP) is 2.98. The second-order valence-electron chi connectivity index (χ2n) is 6.89. The minimum Gasteiger partial charge on any atom is -0.481 e. The average molecular weight is 421 g/mol. The van der Waals surface area contributed by atoms with Gasteiger partial charge in [0.2, 0.25) is 5.91 Å². The Kier molecular flexibility index (Phi) is 4.86. The van der Waals surface area contributed by atoms with E-state index in [4.69, 9.17) is 22.1 Å². The molecule has 2 fully saturated rings. The lowest BCUT2D eigenvalue weighted by atomic mass is 9.78. The number of halogens is 1. The van der Waals surface area contributed by atoms with Crippen LogP contribution in [0.25, 0.3) is 11.1 Å². The van der Waals surface area contributed by atoms with Crippen molar-refractivity contribution in [1.29, 1.82) is 0 Å². The van der Waals surface area contributed by atoms with E-state index in [1.807, 2.05) is 0 Å². The maximum Gasteiger partial charge on any atom is 0.310 e. The molecule has 3 heterocycles. The average Bonchev–Trinajstić information content (AvgIpc) is 3.35. The molecule has 28 heavy (non-hydrogen) atoms. The molecule has 4 N–H and O–H groups in total. The Hall–Kier alpha value is -2.42. The second-order valence-corrected chi connectivity index (χ2v) is 8.21. The van der Waals surface area contributed by atoms with Crippen molar-refractivity contribution in [2.24, 2.45) is 17.6 Å². The summed E-state index contributed by atoms with van der Waals surface area (Å²) in [4.78, 5) is 36.6. The lowest BCUT2D eigenvalue weighted by Crippen LogP contribution is -2.41. The largest absolute Gasteiger partial charge is 0.481 e. The van der Waals surface area contributed by atoms with Gasteiger partial charge in [0.25, 0.3) is 5.91 Å². The fourth-order valence-corrected chi connectivity index (χ4v) is 5.16. The SMILES string of the molecule is NC(=O)c1c(-c2ccc(Cl)cc2)csc1NC(=O)[C@H]1[C@@H](C(=O)O)[C@H]2CC[C@H]1O2. The van der Waals surface area contributed by atoms with Crippen LogP contribution in [0.4, 0.5) is 5.00 Å². The van der Waals surface area contributed by atoms with E-state index in [1.165, 1.54) is 11.3 Å². The second kappa shape index (κ2) is 7.20. The number of amides is 2. The number of carboxylic acid groups (broad SMARTS) is 1. The normalized spacial score (nSPS) is 25.6. The van der Waals surface area contributed by atoms with Crippen LogP contribution in [0.2, 0.25) is 5.02 Å².